The highest BCUT2D eigenvalue weighted by atomic mass is 16.5. The molecule has 1 aliphatic heterocycles. The van der Waals surface area contributed by atoms with Gasteiger partial charge in [-0.15, -0.1) is 0 Å². The highest BCUT2D eigenvalue weighted by Gasteiger charge is 2.22. The fourth-order valence-electron chi connectivity index (χ4n) is 2.65. The van der Waals surface area contributed by atoms with Crippen molar-refractivity contribution in [3.8, 4) is 5.75 Å². The lowest BCUT2D eigenvalue weighted by Gasteiger charge is -2.26. The van der Waals surface area contributed by atoms with Gasteiger partial charge in [-0.2, -0.15) is 0 Å². The molecule has 0 saturated carbocycles. The molecule has 3 heteroatoms. The largest absolute Gasteiger partial charge is 0.480 e. The highest BCUT2D eigenvalue weighted by molar-refractivity contribution is 5.81. The van der Waals surface area contributed by atoms with E-state index >= 15 is 0 Å². The van der Waals surface area contributed by atoms with Gasteiger partial charge in [0.25, 0.3) is 0 Å². The molecule has 0 radical (unpaired) electrons. The average Bonchev–Trinajstić information content (AvgIpc) is 2.59. The van der Waals surface area contributed by atoms with Crippen molar-refractivity contribution < 1.29 is 14.6 Å². The van der Waals surface area contributed by atoms with E-state index in [2.05, 4.69) is 6.08 Å². The number of carbonyl (C=O) groups is 1. The van der Waals surface area contributed by atoms with Crippen molar-refractivity contribution in [1.29, 1.82) is 0 Å². The van der Waals surface area contributed by atoms with Crippen LogP contribution in [0.15, 0.2) is 84.0 Å². The van der Waals surface area contributed by atoms with Crippen LogP contribution < -0.4 is 4.74 Å². The third-order valence-electron chi connectivity index (χ3n) is 3.78. The first-order valence-electron chi connectivity index (χ1n) is 7.75. The second-order valence-corrected chi connectivity index (χ2v) is 5.65. The molecule has 120 valence electrons. The molecule has 0 saturated heterocycles. The zero-order valence-corrected chi connectivity index (χ0v) is 13.3. The molecule has 3 nitrogen and oxygen atoms in total. The summed E-state index contributed by atoms with van der Waals surface area (Å²) in [5, 5.41) is 8.83. The Morgan fingerprint density at radius 1 is 1.08 bits per heavy atom. The summed E-state index contributed by atoms with van der Waals surface area (Å²) in [6, 6.07) is 17.9. The Balaban J connectivity index is 1.99. The summed E-state index contributed by atoms with van der Waals surface area (Å²) in [6.07, 6.45) is 6.78. The molecule has 0 aromatic heterocycles. The zero-order chi connectivity index (χ0) is 16.9. The maximum absolute atomic E-state index is 10.8. The Kier molecular flexibility index (Phi) is 4.62. The highest BCUT2D eigenvalue weighted by Crippen LogP contribution is 2.37. The van der Waals surface area contributed by atoms with Gasteiger partial charge in [0.05, 0.1) is 0 Å². The number of rotatable bonds is 4. The molecule has 3 rings (SSSR count). The van der Waals surface area contributed by atoms with Gasteiger partial charge in [0.1, 0.15) is 11.9 Å². The van der Waals surface area contributed by atoms with Gasteiger partial charge >= 0.3 is 5.97 Å². The summed E-state index contributed by atoms with van der Waals surface area (Å²) in [5.74, 6) is -0.0997. The predicted octanol–water partition coefficient (Wildman–Crippen LogP) is 4.79. The molecular formula is C21H18O3. The van der Waals surface area contributed by atoms with Crippen molar-refractivity contribution in [3.63, 3.8) is 0 Å². The molecule has 0 amide bonds. The van der Waals surface area contributed by atoms with Crippen molar-refractivity contribution in [2.45, 2.75) is 13.0 Å². The van der Waals surface area contributed by atoms with Crippen molar-refractivity contribution in [2.75, 3.05) is 0 Å². The number of fused-ring (bicyclic) bond motifs is 1. The fraction of sp³-hybridized carbons (Fsp3) is 0.0952. The summed E-state index contributed by atoms with van der Waals surface area (Å²) in [5.41, 5.74) is 3.74. The number of benzene rings is 2. The maximum Gasteiger partial charge on any atom is 0.328 e. The van der Waals surface area contributed by atoms with Gasteiger partial charge in [-0.25, -0.2) is 4.79 Å². The number of carboxylic acid groups (broad SMARTS) is 1. The van der Waals surface area contributed by atoms with Crippen LogP contribution in [0, 0.1) is 0 Å². The minimum atomic E-state index is -0.948. The zero-order valence-electron chi connectivity index (χ0n) is 13.3. The summed E-state index contributed by atoms with van der Waals surface area (Å²) in [4.78, 5) is 10.8. The monoisotopic (exact) mass is 318 g/mol. The third kappa shape index (κ3) is 3.63. The van der Waals surface area contributed by atoms with Crippen LogP contribution in [0.25, 0.3) is 6.08 Å². The number of para-hydroxylation sites is 1. The van der Waals surface area contributed by atoms with E-state index in [1.54, 1.807) is 13.0 Å². The number of hydrogen-bond acceptors (Lipinski definition) is 2. The van der Waals surface area contributed by atoms with Crippen LogP contribution in [-0.4, -0.2) is 11.1 Å². The maximum atomic E-state index is 10.8. The molecule has 2 aromatic rings. The Morgan fingerprint density at radius 2 is 1.79 bits per heavy atom. The van der Waals surface area contributed by atoms with E-state index in [1.165, 1.54) is 6.08 Å². The molecule has 0 spiro atoms. The Labute approximate surface area is 141 Å². The molecule has 1 heterocycles. The van der Waals surface area contributed by atoms with Gasteiger partial charge in [0, 0.05) is 11.6 Å². The van der Waals surface area contributed by atoms with E-state index < -0.39 is 5.97 Å². The second-order valence-electron chi connectivity index (χ2n) is 5.65. The van der Waals surface area contributed by atoms with Crippen molar-refractivity contribution in [2.24, 2.45) is 0 Å². The molecular weight excluding hydrogens is 300 g/mol. The number of aliphatic carboxylic acids is 1. The summed E-state index contributed by atoms with van der Waals surface area (Å²) < 4.78 is 6.19. The smallest absolute Gasteiger partial charge is 0.328 e. The van der Waals surface area contributed by atoms with Crippen LogP contribution in [0.1, 0.15) is 24.2 Å². The van der Waals surface area contributed by atoms with E-state index in [-0.39, 0.29) is 6.10 Å². The average molecular weight is 318 g/mol. The topological polar surface area (TPSA) is 46.5 Å². The van der Waals surface area contributed by atoms with Crippen LogP contribution in [0.3, 0.4) is 0 Å². The molecule has 2 aromatic carbocycles. The van der Waals surface area contributed by atoms with Crippen molar-refractivity contribution in [1.82, 2.24) is 0 Å². The lowest BCUT2D eigenvalue weighted by atomic mass is 9.95. The quantitative estimate of drug-likeness (QED) is 0.651. The standard InChI is InChI=1S/C21H18O3/c1-15(13-20(22)23)11-12-18-14-17-9-5-6-10-19(17)24-21(18)16-7-3-2-4-8-16/h2-14,21H,1H3,(H,22,23). The van der Waals surface area contributed by atoms with Crippen LogP contribution in [0.5, 0.6) is 5.75 Å². The number of carboxylic acids is 1. The number of allylic oxidation sites excluding steroid dienone is 2. The van der Waals surface area contributed by atoms with Gasteiger partial charge in [0.2, 0.25) is 0 Å². The van der Waals surface area contributed by atoms with Gasteiger partial charge in [-0.1, -0.05) is 60.7 Å². The summed E-state index contributed by atoms with van der Waals surface area (Å²) in [7, 11) is 0. The van der Waals surface area contributed by atoms with Crippen LogP contribution in [0.4, 0.5) is 0 Å². The Bertz CT molecular complexity index is 829. The van der Waals surface area contributed by atoms with Gasteiger partial charge in [-0.05, 0) is 35.8 Å². The molecule has 0 aliphatic carbocycles. The molecule has 1 atom stereocenters. The van der Waals surface area contributed by atoms with E-state index in [1.807, 2.05) is 60.7 Å². The van der Waals surface area contributed by atoms with E-state index in [0.29, 0.717) is 5.57 Å². The van der Waals surface area contributed by atoms with Crippen LogP contribution >= 0.6 is 0 Å². The Hall–Kier alpha value is -3.07. The molecule has 1 unspecified atom stereocenters. The van der Waals surface area contributed by atoms with Crippen molar-refractivity contribution >= 4 is 12.0 Å². The molecule has 24 heavy (non-hydrogen) atoms. The predicted molar refractivity (Wildman–Crippen MR) is 94.8 cm³/mol. The van der Waals surface area contributed by atoms with Crippen LogP contribution in [-0.2, 0) is 4.79 Å². The molecule has 1 aliphatic rings. The Morgan fingerprint density at radius 3 is 2.54 bits per heavy atom. The molecule has 0 fully saturated rings. The lowest BCUT2D eigenvalue weighted by Crippen LogP contribution is -2.13. The normalized spacial score (nSPS) is 17.1. The minimum absolute atomic E-state index is 0.213. The SMILES string of the molecule is CC(C=CC1=Cc2ccccc2OC1c1ccccc1)=CC(=O)O. The van der Waals surface area contributed by atoms with Crippen molar-refractivity contribution in [3.05, 3.63) is 95.1 Å². The van der Waals surface area contributed by atoms with Gasteiger partial charge in [0.15, 0.2) is 0 Å². The van der Waals surface area contributed by atoms with Gasteiger partial charge in [-0.3, -0.25) is 0 Å². The molecule has 0 bridgehead atoms. The number of ether oxygens (including phenoxy) is 1. The lowest BCUT2D eigenvalue weighted by molar-refractivity contribution is -0.131. The van der Waals surface area contributed by atoms with E-state index in [9.17, 15) is 4.79 Å². The number of hydrogen-bond donors (Lipinski definition) is 1. The summed E-state index contributed by atoms with van der Waals surface area (Å²) in [6.45, 7) is 1.76. The van der Waals surface area contributed by atoms with E-state index in [0.717, 1.165) is 22.4 Å². The first-order chi connectivity index (χ1) is 11.6. The third-order valence-corrected chi connectivity index (χ3v) is 3.78. The first-order valence-corrected chi connectivity index (χ1v) is 7.75. The minimum Gasteiger partial charge on any atom is -0.480 e. The fourth-order valence-corrected chi connectivity index (χ4v) is 2.65. The second kappa shape index (κ2) is 7.01. The summed E-state index contributed by atoms with van der Waals surface area (Å²) >= 11 is 0. The van der Waals surface area contributed by atoms with Gasteiger partial charge < -0.3 is 9.84 Å². The molecule has 1 N–H and O–H groups in total. The van der Waals surface area contributed by atoms with Crippen LogP contribution in [0.2, 0.25) is 0 Å². The first kappa shape index (κ1) is 15.8. The van der Waals surface area contributed by atoms with E-state index in [4.69, 9.17) is 9.84 Å².